The molecule has 0 aliphatic carbocycles. The minimum absolute atomic E-state index is 0.126. The molecular formula is C11H9BrOS. The molecule has 1 heterocycles. The molecule has 1 N–H and O–H groups in total. The highest BCUT2D eigenvalue weighted by molar-refractivity contribution is 9.10. The largest absolute Gasteiger partial charge is 0.391 e. The summed E-state index contributed by atoms with van der Waals surface area (Å²) in [6, 6.07) is 10.2. The number of aliphatic hydroxyl groups is 1. The van der Waals surface area contributed by atoms with Crippen LogP contribution >= 0.6 is 27.3 Å². The van der Waals surface area contributed by atoms with E-state index in [4.69, 9.17) is 5.11 Å². The Morgan fingerprint density at radius 2 is 1.86 bits per heavy atom. The molecule has 0 atom stereocenters. The lowest BCUT2D eigenvalue weighted by Crippen LogP contribution is -1.74. The average molecular weight is 269 g/mol. The van der Waals surface area contributed by atoms with E-state index in [0.29, 0.717) is 0 Å². The van der Waals surface area contributed by atoms with Gasteiger partial charge >= 0.3 is 0 Å². The lowest BCUT2D eigenvalue weighted by atomic mass is 10.1. The molecule has 0 aliphatic rings. The topological polar surface area (TPSA) is 20.2 Å². The highest BCUT2D eigenvalue weighted by Gasteiger charge is 2.01. The van der Waals surface area contributed by atoms with Crippen LogP contribution in [-0.2, 0) is 6.61 Å². The van der Waals surface area contributed by atoms with Crippen molar-refractivity contribution in [2.75, 3.05) is 0 Å². The van der Waals surface area contributed by atoms with Gasteiger partial charge in [0, 0.05) is 9.35 Å². The molecule has 0 radical (unpaired) electrons. The van der Waals surface area contributed by atoms with Gasteiger partial charge in [-0.3, -0.25) is 0 Å². The zero-order valence-electron chi connectivity index (χ0n) is 7.40. The maximum Gasteiger partial charge on any atom is 0.0774 e. The summed E-state index contributed by atoms with van der Waals surface area (Å²) in [5, 5.41) is 11.0. The predicted octanol–water partition coefficient (Wildman–Crippen LogP) is 3.67. The molecule has 0 fully saturated rings. The number of aliphatic hydroxyl groups excluding tert-OH is 1. The molecule has 0 saturated carbocycles. The first kappa shape index (κ1) is 9.90. The molecule has 3 heteroatoms. The molecule has 0 bridgehead atoms. The van der Waals surface area contributed by atoms with E-state index in [1.54, 1.807) is 11.3 Å². The van der Waals surface area contributed by atoms with Gasteiger partial charge in [0.05, 0.1) is 6.61 Å². The maximum atomic E-state index is 8.94. The van der Waals surface area contributed by atoms with Crippen molar-refractivity contribution >= 4 is 27.3 Å². The van der Waals surface area contributed by atoms with Crippen LogP contribution in [0.1, 0.15) is 4.88 Å². The van der Waals surface area contributed by atoms with Crippen molar-refractivity contribution in [3.8, 4) is 11.1 Å². The molecule has 0 saturated heterocycles. The van der Waals surface area contributed by atoms with Crippen molar-refractivity contribution in [1.82, 2.24) is 0 Å². The van der Waals surface area contributed by atoms with Crippen LogP contribution in [0, 0.1) is 0 Å². The van der Waals surface area contributed by atoms with E-state index in [1.165, 1.54) is 11.1 Å². The summed E-state index contributed by atoms with van der Waals surface area (Å²) in [6.07, 6.45) is 0. The third-order valence-electron chi connectivity index (χ3n) is 1.99. The Balaban J connectivity index is 2.34. The van der Waals surface area contributed by atoms with E-state index in [1.807, 2.05) is 18.2 Å². The van der Waals surface area contributed by atoms with E-state index < -0.39 is 0 Å². The summed E-state index contributed by atoms with van der Waals surface area (Å²) in [5.41, 5.74) is 2.36. The van der Waals surface area contributed by atoms with Gasteiger partial charge in [0.25, 0.3) is 0 Å². The van der Waals surface area contributed by atoms with Crippen LogP contribution in [0.15, 0.2) is 40.2 Å². The van der Waals surface area contributed by atoms with E-state index in [-0.39, 0.29) is 6.61 Å². The van der Waals surface area contributed by atoms with Gasteiger partial charge in [-0.25, -0.2) is 0 Å². The maximum absolute atomic E-state index is 8.94. The van der Waals surface area contributed by atoms with Crippen LogP contribution in [0.25, 0.3) is 11.1 Å². The van der Waals surface area contributed by atoms with Crippen molar-refractivity contribution < 1.29 is 5.11 Å². The van der Waals surface area contributed by atoms with Gasteiger partial charge in [-0.15, -0.1) is 11.3 Å². The van der Waals surface area contributed by atoms with Crippen molar-refractivity contribution in [2.45, 2.75) is 6.61 Å². The van der Waals surface area contributed by atoms with Crippen molar-refractivity contribution in [3.63, 3.8) is 0 Å². The Morgan fingerprint density at radius 1 is 1.14 bits per heavy atom. The lowest BCUT2D eigenvalue weighted by molar-refractivity contribution is 0.285. The summed E-state index contributed by atoms with van der Waals surface area (Å²) in [6.45, 7) is 0.126. The highest BCUT2D eigenvalue weighted by Crippen LogP contribution is 2.26. The minimum atomic E-state index is 0.126. The van der Waals surface area contributed by atoms with Crippen LogP contribution in [0.3, 0.4) is 0 Å². The average Bonchev–Trinajstić information content (AvgIpc) is 2.67. The number of halogens is 1. The second-order valence-corrected chi connectivity index (χ2v) is 4.88. The normalized spacial score (nSPS) is 10.4. The Hall–Kier alpha value is -0.640. The number of thiophene rings is 1. The van der Waals surface area contributed by atoms with Gasteiger partial charge < -0.3 is 5.11 Å². The molecule has 72 valence electrons. The zero-order valence-corrected chi connectivity index (χ0v) is 9.81. The second kappa shape index (κ2) is 4.26. The third-order valence-corrected chi connectivity index (χ3v) is 3.44. The quantitative estimate of drug-likeness (QED) is 0.881. The lowest BCUT2D eigenvalue weighted by Gasteiger charge is -1.96. The van der Waals surface area contributed by atoms with Gasteiger partial charge in [0.15, 0.2) is 0 Å². The van der Waals surface area contributed by atoms with E-state index >= 15 is 0 Å². The first-order valence-electron chi connectivity index (χ1n) is 4.24. The van der Waals surface area contributed by atoms with E-state index in [2.05, 4.69) is 33.4 Å². The van der Waals surface area contributed by atoms with Crippen molar-refractivity contribution in [3.05, 3.63) is 45.1 Å². The molecule has 1 aromatic carbocycles. The fourth-order valence-electron chi connectivity index (χ4n) is 1.26. The summed E-state index contributed by atoms with van der Waals surface area (Å²) < 4.78 is 1.08. The Bertz CT molecular complexity index is 419. The third kappa shape index (κ3) is 2.05. The zero-order chi connectivity index (χ0) is 9.97. The highest BCUT2D eigenvalue weighted by atomic mass is 79.9. The Morgan fingerprint density at radius 3 is 2.43 bits per heavy atom. The van der Waals surface area contributed by atoms with Crippen LogP contribution in [0.4, 0.5) is 0 Å². The minimum Gasteiger partial charge on any atom is -0.391 e. The number of hydrogen-bond donors (Lipinski definition) is 1. The molecule has 14 heavy (non-hydrogen) atoms. The van der Waals surface area contributed by atoms with Gasteiger partial charge in [0.2, 0.25) is 0 Å². The first-order chi connectivity index (χ1) is 6.79. The first-order valence-corrected chi connectivity index (χ1v) is 5.91. The summed E-state index contributed by atoms with van der Waals surface area (Å²) in [5.74, 6) is 0. The van der Waals surface area contributed by atoms with Crippen molar-refractivity contribution in [1.29, 1.82) is 0 Å². The number of benzene rings is 1. The molecule has 0 amide bonds. The number of rotatable bonds is 2. The second-order valence-electron chi connectivity index (χ2n) is 2.97. The molecule has 0 spiro atoms. The molecule has 0 aliphatic heterocycles. The van der Waals surface area contributed by atoms with Crippen LogP contribution in [0.2, 0.25) is 0 Å². The van der Waals surface area contributed by atoms with Gasteiger partial charge in [-0.1, -0.05) is 28.1 Å². The fraction of sp³-hybridized carbons (Fsp3) is 0.0909. The van der Waals surface area contributed by atoms with Gasteiger partial charge in [-0.2, -0.15) is 0 Å². The van der Waals surface area contributed by atoms with Crippen LogP contribution in [0.5, 0.6) is 0 Å². The molecule has 1 aromatic heterocycles. The molecule has 2 rings (SSSR count). The molecular weight excluding hydrogens is 260 g/mol. The summed E-state index contributed by atoms with van der Waals surface area (Å²) in [7, 11) is 0. The fourth-order valence-corrected chi connectivity index (χ4v) is 2.27. The van der Waals surface area contributed by atoms with E-state index in [9.17, 15) is 0 Å². The summed E-state index contributed by atoms with van der Waals surface area (Å²) in [4.78, 5) is 1.00. The predicted molar refractivity (Wildman–Crippen MR) is 63.4 cm³/mol. The monoisotopic (exact) mass is 268 g/mol. The SMILES string of the molecule is OCc1cc(-c2ccc(Br)cc2)cs1. The Labute approximate surface area is 95.2 Å². The molecule has 1 nitrogen and oxygen atoms in total. The van der Waals surface area contributed by atoms with E-state index in [0.717, 1.165) is 9.35 Å². The van der Waals surface area contributed by atoms with Gasteiger partial charge in [0.1, 0.15) is 0 Å². The van der Waals surface area contributed by atoms with Crippen LogP contribution < -0.4 is 0 Å². The number of hydrogen-bond acceptors (Lipinski definition) is 2. The van der Waals surface area contributed by atoms with Gasteiger partial charge in [-0.05, 0) is 34.7 Å². The van der Waals surface area contributed by atoms with Crippen molar-refractivity contribution in [2.24, 2.45) is 0 Å². The summed E-state index contributed by atoms with van der Waals surface area (Å²) >= 11 is 4.99. The molecule has 0 unspecified atom stereocenters. The molecule has 2 aromatic rings. The smallest absolute Gasteiger partial charge is 0.0774 e. The standard InChI is InChI=1S/C11H9BrOS/c12-10-3-1-8(2-4-10)9-5-11(6-13)14-7-9/h1-5,7,13H,6H2. The Kier molecular flexibility index (Phi) is 3.01. The van der Waals surface area contributed by atoms with Crippen LogP contribution in [-0.4, -0.2) is 5.11 Å².